The SMILES string of the molecule is COC(=O)c1cnc(C(F)F)c(C#N)c1I. The fourth-order valence-corrected chi connectivity index (χ4v) is 1.78. The maximum absolute atomic E-state index is 12.5. The number of pyridine rings is 1. The topological polar surface area (TPSA) is 63.0 Å². The van der Waals surface area contributed by atoms with Gasteiger partial charge in [0.1, 0.15) is 11.8 Å². The fourth-order valence-electron chi connectivity index (χ4n) is 1.03. The Morgan fingerprint density at radius 2 is 2.31 bits per heavy atom. The first-order chi connectivity index (χ1) is 7.52. The molecule has 1 rings (SSSR count). The normalized spacial score (nSPS) is 10.0. The van der Waals surface area contributed by atoms with Crippen molar-refractivity contribution in [2.45, 2.75) is 6.43 Å². The standard InChI is InChI=1S/C9H5F2IN2O2/c1-16-9(15)5-3-14-7(8(10)11)4(2-13)6(5)12/h3,8H,1H3. The predicted octanol–water partition coefficient (Wildman–Crippen LogP) is 2.28. The van der Waals surface area contributed by atoms with Crippen molar-refractivity contribution in [1.82, 2.24) is 4.98 Å². The van der Waals surface area contributed by atoms with E-state index in [-0.39, 0.29) is 14.7 Å². The average molecular weight is 338 g/mol. The summed E-state index contributed by atoms with van der Waals surface area (Å²) in [7, 11) is 1.16. The lowest BCUT2D eigenvalue weighted by Gasteiger charge is -2.07. The first-order valence-electron chi connectivity index (χ1n) is 3.97. The number of methoxy groups -OCH3 is 1. The van der Waals surface area contributed by atoms with Gasteiger partial charge >= 0.3 is 5.97 Å². The Balaban J connectivity index is 3.42. The molecule has 0 amide bonds. The van der Waals surface area contributed by atoms with Gasteiger partial charge in [-0.1, -0.05) is 0 Å². The Bertz CT molecular complexity index is 471. The van der Waals surface area contributed by atoms with Crippen LogP contribution < -0.4 is 0 Å². The highest BCUT2D eigenvalue weighted by atomic mass is 127. The third-order valence-corrected chi connectivity index (χ3v) is 2.89. The number of esters is 1. The largest absolute Gasteiger partial charge is 0.465 e. The van der Waals surface area contributed by atoms with E-state index >= 15 is 0 Å². The fraction of sp³-hybridized carbons (Fsp3) is 0.222. The number of ether oxygens (including phenoxy) is 1. The van der Waals surface area contributed by atoms with Crippen LogP contribution in [-0.2, 0) is 4.74 Å². The summed E-state index contributed by atoms with van der Waals surface area (Å²) >= 11 is 1.64. The minimum absolute atomic E-state index is 0.00375. The molecule has 7 heteroatoms. The Labute approximate surface area is 103 Å². The number of nitriles is 1. The van der Waals surface area contributed by atoms with Crippen molar-refractivity contribution in [3.63, 3.8) is 0 Å². The van der Waals surface area contributed by atoms with E-state index < -0.39 is 18.1 Å². The number of halogens is 3. The van der Waals surface area contributed by atoms with Gasteiger partial charge in [-0.3, -0.25) is 4.98 Å². The van der Waals surface area contributed by atoms with E-state index in [0.29, 0.717) is 0 Å². The summed E-state index contributed by atoms with van der Waals surface area (Å²) in [5.41, 5.74) is -0.915. The zero-order chi connectivity index (χ0) is 12.3. The molecule has 16 heavy (non-hydrogen) atoms. The molecule has 0 bridgehead atoms. The van der Waals surface area contributed by atoms with Gasteiger partial charge in [0.05, 0.1) is 18.2 Å². The van der Waals surface area contributed by atoms with Crippen LogP contribution in [0.25, 0.3) is 0 Å². The zero-order valence-corrected chi connectivity index (χ0v) is 10.2. The molecule has 0 aliphatic rings. The number of alkyl halides is 2. The Kier molecular flexibility index (Phi) is 4.12. The van der Waals surface area contributed by atoms with Crippen molar-refractivity contribution in [2.24, 2.45) is 0 Å². The summed E-state index contributed by atoms with van der Waals surface area (Å²) in [5, 5.41) is 8.75. The Morgan fingerprint density at radius 1 is 1.69 bits per heavy atom. The maximum Gasteiger partial charge on any atom is 0.340 e. The van der Waals surface area contributed by atoms with Crippen LogP contribution in [0.5, 0.6) is 0 Å². The minimum Gasteiger partial charge on any atom is -0.465 e. The smallest absolute Gasteiger partial charge is 0.340 e. The first kappa shape index (κ1) is 12.8. The van der Waals surface area contributed by atoms with E-state index in [1.54, 1.807) is 28.7 Å². The molecule has 0 saturated heterocycles. The van der Waals surface area contributed by atoms with E-state index in [0.717, 1.165) is 13.3 Å². The van der Waals surface area contributed by atoms with Crippen LogP contribution in [0.4, 0.5) is 8.78 Å². The molecule has 1 aromatic rings. The molecule has 0 unspecified atom stereocenters. The van der Waals surface area contributed by atoms with Gasteiger partial charge in [0.15, 0.2) is 0 Å². The van der Waals surface area contributed by atoms with Gasteiger partial charge in [-0.25, -0.2) is 13.6 Å². The summed E-state index contributed by atoms with van der Waals surface area (Å²) in [4.78, 5) is 14.6. The van der Waals surface area contributed by atoms with E-state index in [4.69, 9.17) is 5.26 Å². The molecule has 0 aliphatic carbocycles. The number of aromatic nitrogens is 1. The third kappa shape index (κ3) is 2.27. The molecule has 4 nitrogen and oxygen atoms in total. The molecule has 1 heterocycles. The molecule has 0 radical (unpaired) electrons. The second-order valence-corrected chi connectivity index (χ2v) is 3.73. The lowest BCUT2D eigenvalue weighted by Crippen LogP contribution is -2.09. The molecule has 84 valence electrons. The highest BCUT2D eigenvalue weighted by Crippen LogP contribution is 2.26. The molecule has 0 atom stereocenters. The summed E-state index contributed by atoms with van der Waals surface area (Å²) < 4.78 is 29.5. The Hall–Kier alpha value is -1.30. The predicted molar refractivity (Wildman–Crippen MR) is 58.0 cm³/mol. The number of rotatable bonds is 2. The van der Waals surface area contributed by atoms with Crippen molar-refractivity contribution in [3.05, 3.63) is 26.6 Å². The second kappa shape index (κ2) is 5.16. The molecule has 0 N–H and O–H groups in total. The van der Waals surface area contributed by atoms with Crippen LogP contribution in [0.15, 0.2) is 6.20 Å². The van der Waals surface area contributed by atoms with E-state index in [9.17, 15) is 13.6 Å². The Morgan fingerprint density at radius 3 is 2.75 bits per heavy atom. The average Bonchev–Trinajstić information content (AvgIpc) is 2.27. The van der Waals surface area contributed by atoms with Crippen LogP contribution in [0.1, 0.15) is 28.0 Å². The van der Waals surface area contributed by atoms with Crippen molar-refractivity contribution in [2.75, 3.05) is 7.11 Å². The molecule has 0 fully saturated rings. The van der Waals surface area contributed by atoms with Gasteiger partial charge < -0.3 is 4.74 Å². The maximum atomic E-state index is 12.5. The second-order valence-electron chi connectivity index (χ2n) is 2.65. The van der Waals surface area contributed by atoms with Gasteiger partial charge in [0.25, 0.3) is 6.43 Å². The van der Waals surface area contributed by atoms with Crippen molar-refractivity contribution >= 4 is 28.6 Å². The first-order valence-corrected chi connectivity index (χ1v) is 5.05. The highest BCUT2D eigenvalue weighted by Gasteiger charge is 2.22. The van der Waals surface area contributed by atoms with Crippen molar-refractivity contribution < 1.29 is 18.3 Å². The van der Waals surface area contributed by atoms with Crippen LogP contribution in [-0.4, -0.2) is 18.1 Å². The number of carbonyl (C=O) groups is 1. The number of hydrogen-bond donors (Lipinski definition) is 0. The lowest BCUT2D eigenvalue weighted by atomic mass is 10.1. The quantitative estimate of drug-likeness (QED) is 0.613. The van der Waals surface area contributed by atoms with Gasteiger partial charge in [-0.2, -0.15) is 5.26 Å². The highest BCUT2D eigenvalue weighted by molar-refractivity contribution is 14.1. The molecule has 0 spiro atoms. The van der Waals surface area contributed by atoms with Crippen LogP contribution in [0.2, 0.25) is 0 Å². The molecular weight excluding hydrogens is 333 g/mol. The minimum atomic E-state index is -2.85. The third-order valence-electron chi connectivity index (χ3n) is 1.77. The summed E-state index contributed by atoms with van der Waals surface area (Å²) in [6.07, 6.45) is -1.87. The van der Waals surface area contributed by atoms with E-state index in [2.05, 4.69) is 9.72 Å². The number of carbonyl (C=O) groups excluding carboxylic acids is 1. The number of hydrogen-bond acceptors (Lipinski definition) is 4. The molecule has 1 aromatic heterocycles. The van der Waals surface area contributed by atoms with E-state index in [1.807, 2.05) is 0 Å². The van der Waals surface area contributed by atoms with Crippen molar-refractivity contribution in [3.8, 4) is 6.07 Å². The molecule has 0 saturated carbocycles. The monoisotopic (exact) mass is 338 g/mol. The summed E-state index contributed by atoms with van der Waals surface area (Å²) in [6.45, 7) is 0. The molecule has 0 aliphatic heterocycles. The summed E-state index contributed by atoms with van der Waals surface area (Å²) in [6, 6.07) is 1.61. The van der Waals surface area contributed by atoms with Crippen LogP contribution >= 0.6 is 22.6 Å². The van der Waals surface area contributed by atoms with Crippen molar-refractivity contribution in [1.29, 1.82) is 5.26 Å². The lowest BCUT2D eigenvalue weighted by molar-refractivity contribution is 0.0598. The zero-order valence-electron chi connectivity index (χ0n) is 8.00. The summed E-state index contributed by atoms with van der Waals surface area (Å²) in [5.74, 6) is -0.714. The van der Waals surface area contributed by atoms with Gasteiger partial charge in [0.2, 0.25) is 0 Å². The van der Waals surface area contributed by atoms with Crippen LogP contribution in [0, 0.1) is 14.9 Å². The van der Waals surface area contributed by atoms with Gasteiger partial charge in [-0.15, -0.1) is 0 Å². The molecule has 0 aromatic carbocycles. The van der Waals surface area contributed by atoms with Crippen LogP contribution in [0.3, 0.4) is 0 Å². The number of nitrogens with zero attached hydrogens (tertiary/aromatic N) is 2. The van der Waals surface area contributed by atoms with E-state index in [1.165, 1.54) is 0 Å². The van der Waals surface area contributed by atoms with Gasteiger partial charge in [0, 0.05) is 9.77 Å². The molecular formula is C9H5F2IN2O2. The van der Waals surface area contributed by atoms with Gasteiger partial charge in [-0.05, 0) is 22.6 Å².